The van der Waals surface area contributed by atoms with Gasteiger partial charge >= 0.3 is 6.18 Å². The molecule has 0 fully saturated rings. The van der Waals surface area contributed by atoms with Crippen molar-refractivity contribution in [3.05, 3.63) is 60.2 Å². The van der Waals surface area contributed by atoms with E-state index < -0.39 is 17.9 Å². The standard InChI is InChI=1S/C16H13F3N2/c17-16(18,19)15-10-14(11-6-2-1-3-7-11)20-12-8-4-5-9-13(12)21-15/h1-9,14,20H,10H2/t14-/m0/s1. The summed E-state index contributed by atoms with van der Waals surface area (Å²) >= 11 is 0. The molecule has 0 bridgehead atoms. The third-order valence-electron chi connectivity index (χ3n) is 3.42. The van der Waals surface area contributed by atoms with Gasteiger partial charge in [-0.15, -0.1) is 0 Å². The van der Waals surface area contributed by atoms with Crippen molar-refractivity contribution in [2.45, 2.75) is 18.6 Å². The molecule has 0 unspecified atom stereocenters. The summed E-state index contributed by atoms with van der Waals surface area (Å²) in [6.07, 6.45) is -4.62. The summed E-state index contributed by atoms with van der Waals surface area (Å²) in [4.78, 5) is 3.82. The van der Waals surface area contributed by atoms with Gasteiger partial charge in [-0.25, -0.2) is 4.99 Å². The van der Waals surface area contributed by atoms with Crippen molar-refractivity contribution in [2.24, 2.45) is 4.99 Å². The molecular formula is C16H13F3N2. The van der Waals surface area contributed by atoms with Crippen LogP contribution in [0.15, 0.2) is 59.6 Å². The van der Waals surface area contributed by atoms with E-state index >= 15 is 0 Å². The summed E-state index contributed by atoms with van der Waals surface area (Å²) in [5.41, 5.74) is 0.994. The first-order chi connectivity index (χ1) is 10.0. The lowest BCUT2D eigenvalue weighted by Gasteiger charge is -2.19. The van der Waals surface area contributed by atoms with Gasteiger partial charge in [0.15, 0.2) is 0 Å². The summed E-state index contributed by atoms with van der Waals surface area (Å²) in [6.45, 7) is 0. The van der Waals surface area contributed by atoms with Crippen molar-refractivity contribution in [1.29, 1.82) is 0 Å². The number of halogens is 3. The molecule has 1 N–H and O–H groups in total. The van der Waals surface area contributed by atoms with Crippen LogP contribution in [0.25, 0.3) is 0 Å². The van der Waals surface area contributed by atoms with E-state index in [-0.39, 0.29) is 6.42 Å². The number of alkyl halides is 3. The number of nitrogens with zero attached hydrogens (tertiary/aromatic N) is 1. The molecule has 1 atom stereocenters. The number of rotatable bonds is 1. The zero-order chi connectivity index (χ0) is 14.9. The number of anilines is 1. The predicted octanol–water partition coefficient (Wildman–Crippen LogP) is 4.88. The Kier molecular flexibility index (Phi) is 3.41. The fraction of sp³-hybridized carbons (Fsp3) is 0.188. The van der Waals surface area contributed by atoms with Crippen LogP contribution in [-0.4, -0.2) is 11.9 Å². The SMILES string of the molecule is FC(F)(F)C1=Nc2ccccc2N[C@H](c2ccccc2)C1. The van der Waals surface area contributed by atoms with Gasteiger partial charge in [-0.3, -0.25) is 0 Å². The van der Waals surface area contributed by atoms with Crippen LogP contribution in [0, 0.1) is 0 Å². The molecule has 1 aliphatic heterocycles. The molecule has 0 aromatic heterocycles. The Morgan fingerprint density at radius 3 is 2.33 bits per heavy atom. The zero-order valence-corrected chi connectivity index (χ0v) is 11.1. The van der Waals surface area contributed by atoms with Gasteiger partial charge in [0.1, 0.15) is 5.71 Å². The highest BCUT2D eigenvalue weighted by Gasteiger charge is 2.38. The molecule has 2 aromatic rings. The smallest absolute Gasteiger partial charge is 0.376 e. The molecule has 0 aliphatic carbocycles. The molecule has 2 nitrogen and oxygen atoms in total. The lowest BCUT2D eigenvalue weighted by atomic mass is 10.0. The highest BCUT2D eigenvalue weighted by Crippen LogP contribution is 2.37. The second kappa shape index (κ2) is 5.24. The Bertz CT molecular complexity index is 663. The molecular weight excluding hydrogens is 277 g/mol. The number of fused-ring (bicyclic) bond motifs is 1. The van der Waals surface area contributed by atoms with Crippen molar-refractivity contribution in [1.82, 2.24) is 0 Å². The summed E-state index contributed by atoms with van der Waals surface area (Å²) in [5.74, 6) is 0. The molecule has 5 heteroatoms. The highest BCUT2D eigenvalue weighted by atomic mass is 19.4. The minimum Gasteiger partial charge on any atom is -0.376 e. The predicted molar refractivity (Wildman–Crippen MR) is 77.0 cm³/mol. The van der Waals surface area contributed by atoms with E-state index in [2.05, 4.69) is 10.3 Å². The largest absolute Gasteiger partial charge is 0.429 e. The first kappa shape index (κ1) is 13.7. The summed E-state index contributed by atoms with van der Waals surface area (Å²) in [7, 11) is 0. The van der Waals surface area contributed by atoms with Gasteiger partial charge in [-0.2, -0.15) is 13.2 Å². The quantitative estimate of drug-likeness (QED) is 0.795. The Balaban J connectivity index is 2.06. The summed E-state index contributed by atoms with van der Waals surface area (Å²) in [6, 6.07) is 15.5. The number of hydrogen-bond donors (Lipinski definition) is 1. The number of aliphatic imine (C=N–C) groups is 1. The molecule has 0 radical (unpaired) electrons. The molecule has 2 aromatic carbocycles. The second-order valence-corrected chi connectivity index (χ2v) is 4.89. The number of benzene rings is 2. The Labute approximate surface area is 120 Å². The van der Waals surface area contributed by atoms with Crippen LogP contribution in [-0.2, 0) is 0 Å². The van der Waals surface area contributed by atoms with Crippen molar-refractivity contribution < 1.29 is 13.2 Å². The van der Waals surface area contributed by atoms with Gasteiger partial charge in [-0.05, 0) is 17.7 Å². The van der Waals surface area contributed by atoms with E-state index in [0.29, 0.717) is 11.4 Å². The first-order valence-corrected chi connectivity index (χ1v) is 6.59. The lowest BCUT2D eigenvalue weighted by Crippen LogP contribution is -2.26. The topological polar surface area (TPSA) is 24.4 Å². The molecule has 21 heavy (non-hydrogen) atoms. The molecule has 1 aliphatic rings. The van der Waals surface area contributed by atoms with Crippen LogP contribution in [0.5, 0.6) is 0 Å². The monoisotopic (exact) mass is 290 g/mol. The van der Waals surface area contributed by atoms with E-state index in [9.17, 15) is 13.2 Å². The molecule has 0 spiro atoms. The van der Waals surface area contributed by atoms with Crippen LogP contribution in [0.2, 0.25) is 0 Å². The van der Waals surface area contributed by atoms with Crippen molar-refractivity contribution in [3.8, 4) is 0 Å². The second-order valence-electron chi connectivity index (χ2n) is 4.89. The van der Waals surface area contributed by atoms with Gasteiger partial charge in [0.2, 0.25) is 0 Å². The first-order valence-electron chi connectivity index (χ1n) is 6.59. The van der Waals surface area contributed by atoms with Gasteiger partial charge in [0.05, 0.1) is 17.4 Å². The highest BCUT2D eigenvalue weighted by molar-refractivity contribution is 5.95. The van der Waals surface area contributed by atoms with Crippen LogP contribution < -0.4 is 5.32 Å². The van der Waals surface area contributed by atoms with E-state index in [0.717, 1.165) is 5.56 Å². The van der Waals surface area contributed by atoms with Crippen LogP contribution in [0.4, 0.5) is 24.5 Å². The third kappa shape index (κ3) is 2.91. The van der Waals surface area contributed by atoms with Crippen molar-refractivity contribution in [2.75, 3.05) is 5.32 Å². The fourth-order valence-corrected chi connectivity index (χ4v) is 2.38. The minimum atomic E-state index is -4.42. The van der Waals surface area contributed by atoms with E-state index in [1.165, 1.54) is 0 Å². The number of para-hydroxylation sites is 2. The van der Waals surface area contributed by atoms with Crippen molar-refractivity contribution in [3.63, 3.8) is 0 Å². The maximum atomic E-state index is 13.1. The lowest BCUT2D eigenvalue weighted by molar-refractivity contribution is -0.0606. The normalized spacial score (nSPS) is 18.2. The Morgan fingerprint density at radius 2 is 1.62 bits per heavy atom. The molecule has 1 heterocycles. The number of hydrogen-bond acceptors (Lipinski definition) is 2. The zero-order valence-electron chi connectivity index (χ0n) is 11.1. The molecule has 0 saturated carbocycles. The number of nitrogens with one attached hydrogen (secondary N) is 1. The van der Waals surface area contributed by atoms with Gasteiger partial charge in [-0.1, -0.05) is 42.5 Å². The molecule has 3 rings (SSSR count). The summed E-state index contributed by atoms with van der Waals surface area (Å²) < 4.78 is 39.4. The average molecular weight is 290 g/mol. The molecule has 0 saturated heterocycles. The van der Waals surface area contributed by atoms with Gasteiger partial charge in [0.25, 0.3) is 0 Å². The maximum Gasteiger partial charge on any atom is 0.429 e. The van der Waals surface area contributed by atoms with Crippen molar-refractivity contribution >= 4 is 17.1 Å². The van der Waals surface area contributed by atoms with Crippen LogP contribution >= 0.6 is 0 Å². The van der Waals surface area contributed by atoms with E-state index in [4.69, 9.17) is 0 Å². The third-order valence-corrected chi connectivity index (χ3v) is 3.42. The van der Waals surface area contributed by atoms with Crippen LogP contribution in [0.3, 0.4) is 0 Å². The van der Waals surface area contributed by atoms with Gasteiger partial charge in [0, 0.05) is 6.42 Å². The molecule has 0 amide bonds. The van der Waals surface area contributed by atoms with Crippen LogP contribution in [0.1, 0.15) is 18.0 Å². The summed E-state index contributed by atoms with van der Waals surface area (Å²) in [5, 5.41) is 3.16. The average Bonchev–Trinajstić information content (AvgIpc) is 2.67. The Hall–Kier alpha value is -2.30. The fourth-order valence-electron chi connectivity index (χ4n) is 2.38. The maximum absolute atomic E-state index is 13.1. The Morgan fingerprint density at radius 1 is 0.952 bits per heavy atom. The van der Waals surface area contributed by atoms with E-state index in [1.54, 1.807) is 24.3 Å². The molecule has 108 valence electrons. The van der Waals surface area contributed by atoms with Gasteiger partial charge < -0.3 is 5.32 Å². The van der Waals surface area contributed by atoms with E-state index in [1.807, 2.05) is 30.3 Å². The minimum absolute atomic E-state index is 0.192.